The van der Waals surface area contributed by atoms with Gasteiger partial charge in [0.2, 0.25) is 0 Å². The quantitative estimate of drug-likeness (QED) is 0.767. The fourth-order valence-corrected chi connectivity index (χ4v) is 2.18. The Morgan fingerprint density at radius 2 is 2.44 bits per heavy atom. The first kappa shape index (κ1) is 9.59. The molecule has 0 saturated carbocycles. The molecule has 3 heterocycles. The fourth-order valence-electron chi connectivity index (χ4n) is 2.18. The van der Waals surface area contributed by atoms with Gasteiger partial charge in [-0.05, 0) is 37.6 Å². The standard InChI is InChI=1S/C11H15N5/c12-9-1-2-11-14-10(15-16(11)7-9)5-8-3-4-13-6-8/h1-2,7-8,13H,3-6,12H2. The van der Waals surface area contributed by atoms with Crippen LogP contribution in [0.3, 0.4) is 0 Å². The van der Waals surface area contributed by atoms with Gasteiger partial charge in [-0.2, -0.15) is 5.10 Å². The molecule has 2 aromatic heterocycles. The van der Waals surface area contributed by atoms with Gasteiger partial charge in [-0.15, -0.1) is 0 Å². The Balaban J connectivity index is 1.86. The van der Waals surface area contributed by atoms with Crippen LogP contribution in [-0.2, 0) is 6.42 Å². The molecular formula is C11H15N5. The third kappa shape index (κ3) is 1.74. The Hall–Kier alpha value is -1.62. The maximum absolute atomic E-state index is 5.70. The first-order valence-electron chi connectivity index (χ1n) is 5.63. The van der Waals surface area contributed by atoms with Gasteiger partial charge < -0.3 is 11.1 Å². The van der Waals surface area contributed by atoms with E-state index in [0.717, 1.165) is 31.0 Å². The normalized spacial score (nSPS) is 20.6. The minimum absolute atomic E-state index is 0.676. The van der Waals surface area contributed by atoms with Gasteiger partial charge in [0.05, 0.1) is 11.9 Å². The average Bonchev–Trinajstić information content (AvgIpc) is 2.86. The third-order valence-electron chi connectivity index (χ3n) is 3.03. The Morgan fingerprint density at radius 3 is 3.25 bits per heavy atom. The first-order chi connectivity index (χ1) is 7.81. The number of nitrogens with one attached hydrogen (secondary N) is 1. The van der Waals surface area contributed by atoms with Crippen LogP contribution >= 0.6 is 0 Å². The van der Waals surface area contributed by atoms with Crippen LogP contribution in [0.2, 0.25) is 0 Å². The van der Waals surface area contributed by atoms with Crippen molar-refractivity contribution in [2.24, 2.45) is 5.92 Å². The Kier molecular flexibility index (Phi) is 2.25. The van der Waals surface area contributed by atoms with Gasteiger partial charge >= 0.3 is 0 Å². The molecule has 1 unspecified atom stereocenters. The number of nitrogens with zero attached hydrogens (tertiary/aromatic N) is 3. The SMILES string of the molecule is Nc1ccc2nc(CC3CCNC3)nn2c1. The summed E-state index contributed by atoms with van der Waals surface area (Å²) < 4.78 is 1.76. The summed E-state index contributed by atoms with van der Waals surface area (Å²) in [4.78, 5) is 4.49. The second-order valence-corrected chi connectivity index (χ2v) is 4.36. The van der Waals surface area contributed by atoms with E-state index in [4.69, 9.17) is 5.73 Å². The fraction of sp³-hybridized carbons (Fsp3) is 0.455. The largest absolute Gasteiger partial charge is 0.397 e. The summed E-state index contributed by atoms with van der Waals surface area (Å²) in [5.41, 5.74) is 7.28. The highest BCUT2D eigenvalue weighted by molar-refractivity contribution is 5.46. The number of nitrogens with two attached hydrogens (primary N) is 1. The summed E-state index contributed by atoms with van der Waals surface area (Å²) in [6, 6.07) is 3.75. The highest BCUT2D eigenvalue weighted by Crippen LogP contribution is 2.14. The van der Waals surface area contributed by atoms with Crippen molar-refractivity contribution in [3.63, 3.8) is 0 Å². The van der Waals surface area contributed by atoms with Crippen LogP contribution in [0.1, 0.15) is 12.2 Å². The lowest BCUT2D eigenvalue weighted by molar-refractivity contribution is 0.561. The zero-order chi connectivity index (χ0) is 11.0. The third-order valence-corrected chi connectivity index (χ3v) is 3.03. The van der Waals surface area contributed by atoms with Crippen LogP contribution in [0, 0.1) is 5.92 Å². The molecule has 84 valence electrons. The zero-order valence-corrected chi connectivity index (χ0v) is 9.06. The molecule has 0 aliphatic carbocycles. The van der Waals surface area contributed by atoms with E-state index >= 15 is 0 Å². The molecule has 1 aliphatic rings. The number of nitrogen functional groups attached to an aromatic ring is 1. The molecule has 1 atom stereocenters. The molecule has 0 spiro atoms. The second kappa shape index (κ2) is 3.75. The van der Waals surface area contributed by atoms with Crippen molar-refractivity contribution >= 4 is 11.3 Å². The molecule has 1 fully saturated rings. The van der Waals surface area contributed by atoms with Gasteiger partial charge in [-0.3, -0.25) is 0 Å². The molecule has 3 rings (SSSR count). The Bertz CT molecular complexity index is 498. The number of aromatic nitrogens is 3. The molecule has 0 amide bonds. The van der Waals surface area contributed by atoms with E-state index in [1.54, 1.807) is 10.7 Å². The molecule has 0 radical (unpaired) electrons. The van der Waals surface area contributed by atoms with Crippen LogP contribution < -0.4 is 11.1 Å². The predicted molar refractivity (Wildman–Crippen MR) is 62.1 cm³/mol. The Morgan fingerprint density at radius 1 is 1.50 bits per heavy atom. The topological polar surface area (TPSA) is 68.2 Å². The maximum atomic E-state index is 5.70. The number of hydrogen-bond acceptors (Lipinski definition) is 4. The van der Waals surface area contributed by atoms with Crippen LogP contribution in [0.5, 0.6) is 0 Å². The van der Waals surface area contributed by atoms with Crippen molar-refractivity contribution in [2.75, 3.05) is 18.8 Å². The molecule has 5 nitrogen and oxygen atoms in total. The molecule has 0 bridgehead atoms. The molecule has 1 aliphatic heterocycles. The lowest BCUT2D eigenvalue weighted by Crippen LogP contribution is -2.11. The van der Waals surface area contributed by atoms with E-state index in [2.05, 4.69) is 15.4 Å². The molecule has 3 N–H and O–H groups in total. The molecule has 0 aromatic carbocycles. The van der Waals surface area contributed by atoms with Crippen LogP contribution in [-0.4, -0.2) is 27.7 Å². The summed E-state index contributed by atoms with van der Waals surface area (Å²) in [7, 11) is 0. The van der Waals surface area contributed by atoms with Crippen LogP contribution in [0.4, 0.5) is 5.69 Å². The summed E-state index contributed by atoms with van der Waals surface area (Å²) in [5, 5.41) is 7.79. The smallest absolute Gasteiger partial charge is 0.155 e. The number of pyridine rings is 1. The molecule has 2 aromatic rings. The number of hydrogen-bond donors (Lipinski definition) is 2. The van der Waals surface area contributed by atoms with Crippen LogP contribution in [0.25, 0.3) is 5.65 Å². The summed E-state index contributed by atoms with van der Waals surface area (Å²) in [5.74, 6) is 1.59. The number of anilines is 1. The monoisotopic (exact) mass is 217 g/mol. The van der Waals surface area contributed by atoms with Crippen molar-refractivity contribution < 1.29 is 0 Å². The summed E-state index contributed by atoms with van der Waals surface area (Å²) >= 11 is 0. The molecule has 1 saturated heterocycles. The van der Waals surface area contributed by atoms with Gasteiger partial charge in [0.15, 0.2) is 11.5 Å². The number of rotatable bonds is 2. The van der Waals surface area contributed by atoms with Gasteiger partial charge in [0.25, 0.3) is 0 Å². The van der Waals surface area contributed by atoms with E-state index in [-0.39, 0.29) is 0 Å². The van der Waals surface area contributed by atoms with E-state index in [1.807, 2.05) is 12.1 Å². The van der Waals surface area contributed by atoms with Crippen molar-refractivity contribution in [2.45, 2.75) is 12.8 Å². The summed E-state index contributed by atoms with van der Waals surface area (Å²) in [6.45, 7) is 2.20. The van der Waals surface area contributed by atoms with Crippen molar-refractivity contribution in [1.29, 1.82) is 0 Å². The number of fused-ring (bicyclic) bond motifs is 1. The maximum Gasteiger partial charge on any atom is 0.155 e. The Labute approximate surface area is 93.7 Å². The molecule has 16 heavy (non-hydrogen) atoms. The van der Waals surface area contributed by atoms with E-state index in [1.165, 1.54) is 6.42 Å². The van der Waals surface area contributed by atoms with Crippen LogP contribution in [0.15, 0.2) is 18.3 Å². The predicted octanol–water partition coefficient (Wildman–Crippen LogP) is 0.463. The van der Waals surface area contributed by atoms with Crippen molar-refractivity contribution in [3.05, 3.63) is 24.2 Å². The molecular weight excluding hydrogens is 202 g/mol. The van der Waals surface area contributed by atoms with Gasteiger partial charge in [-0.25, -0.2) is 9.50 Å². The van der Waals surface area contributed by atoms with E-state index in [9.17, 15) is 0 Å². The zero-order valence-electron chi connectivity index (χ0n) is 9.06. The molecule has 5 heteroatoms. The van der Waals surface area contributed by atoms with E-state index in [0.29, 0.717) is 11.6 Å². The van der Waals surface area contributed by atoms with Gasteiger partial charge in [0, 0.05) is 6.42 Å². The minimum Gasteiger partial charge on any atom is -0.397 e. The van der Waals surface area contributed by atoms with E-state index < -0.39 is 0 Å². The van der Waals surface area contributed by atoms with Crippen molar-refractivity contribution in [3.8, 4) is 0 Å². The average molecular weight is 217 g/mol. The second-order valence-electron chi connectivity index (χ2n) is 4.36. The van der Waals surface area contributed by atoms with Gasteiger partial charge in [0.1, 0.15) is 0 Å². The summed E-state index contributed by atoms with van der Waals surface area (Å²) in [6.07, 6.45) is 3.98. The lowest BCUT2D eigenvalue weighted by atomic mass is 10.1. The minimum atomic E-state index is 0.676. The first-order valence-corrected chi connectivity index (χ1v) is 5.63. The lowest BCUT2D eigenvalue weighted by Gasteiger charge is -2.02. The van der Waals surface area contributed by atoms with Crippen molar-refractivity contribution in [1.82, 2.24) is 19.9 Å². The highest BCUT2D eigenvalue weighted by Gasteiger charge is 2.17. The highest BCUT2D eigenvalue weighted by atomic mass is 15.3. The van der Waals surface area contributed by atoms with Gasteiger partial charge in [-0.1, -0.05) is 0 Å².